The van der Waals surface area contributed by atoms with Gasteiger partial charge in [0.2, 0.25) is 11.5 Å². The average molecular weight is 725 g/mol. The molecule has 0 fully saturated rings. The van der Waals surface area contributed by atoms with E-state index < -0.39 is 69.6 Å². The van der Waals surface area contributed by atoms with E-state index in [1.54, 1.807) is 13.8 Å². The molecule has 0 aliphatic carbocycles. The second-order valence-electron chi connectivity index (χ2n) is 15.1. The molecule has 16 heteroatoms. The van der Waals surface area contributed by atoms with Crippen LogP contribution in [0.1, 0.15) is 13.8 Å². The number of carbonyl (C=O) groups is 2. The molecule has 0 radical (unpaired) electrons. The van der Waals surface area contributed by atoms with Crippen molar-refractivity contribution in [1.82, 2.24) is 0 Å². The van der Waals surface area contributed by atoms with Crippen LogP contribution >= 0.6 is 0 Å². The van der Waals surface area contributed by atoms with Gasteiger partial charge in [-0.2, -0.15) is 0 Å². The van der Waals surface area contributed by atoms with Gasteiger partial charge in [-0.15, -0.1) is 0 Å². The van der Waals surface area contributed by atoms with E-state index in [0.29, 0.717) is 0 Å². The van der Waals surface area contributed by atoms with Crippen molar-refractivity contribution in [3.05, 3.63) is 23.0 Å². The standard InChI is InChI=1S/C30H60O12Si4/c1-21-27(29(31)33-3)37-19-25(41-45(11,12)13)24(40-44(8,9)10)18-36-22(2)28(30(32)34-4)38-20-26(42-46(14,15)16)23(17-35-21)39-43(5,6)7/h23-26H,17-20H2,1-16H3/b27-21-,28-22+/t23-,24?,25+,26?/m1/s1. The third kappa shape index (κ3) is 16.4. The zero-order valence-electron chi connectivity index (χ0n) is 31.0. The van der Waals surface area contributed by atoms with Gasteiger partial charge in [-0.25, -0.2) is 9.59 Å². The molecule has 0 saturated heterocycles. The monoisotopic (exact) mass is 724 g/mol. The van der Waals surface area contributed by atoms with Crippen LogP contribution in [0.15, 0.2) is 23.0 Å². The lowest BCUT2D eigenvalue weighted by Crippen LogP contribution is -2.49. The van der Waals surface area contributed by atoms with E-state index in [4.69, 9.17) is 46.1 Å². The molecule has 0 aromatic carbocycles. The Morgan fingerprint density at radius 2 is 0.696 bits per heavy atom. The number of allylic oxidation sites excluding steroid dienone is 2. The first kappa shape index (κ1) is 42.4. The third-order valence-corrected chi connectivity index (χ3v) is 9.98. The number of hydrogen-bond acceptors (Lipinski definition) is 12. The highest BCUT2D eigenvalue weighted by Gasteiger charge is 2.37. The fraction of sp³-hybridized carbons (Fsp3) is 0.800. The predicted octanol–water partition coefficient (Wildman–Crippen LogP) is 5.76. The van der Waals surface area contributed by atoms with Gasteiger partial charge in [0.05, 0.1) is 14.2 Å². The van der Waals surface area contributed by atoms with Gasteiger partial charge in [0.25, 0.3) is 0 Å². The molecule has 1 aliphatic rings. The molecule has 1 heterocycles. The quantitative estimate of drug-likeness (QED) is 0.201. The number of rotatable bonds is 10. The number of methoxy groups -OCH3 is 2. The van der Waals surface area contributed by atoms with E-state index >= 15 is 0 Å². The van der Waals surface area contributed by atoms with Crippen LogP contribution in [0.3, 0.4) is 0 Å². The summed E-state index contributed by atoms with van der Waals surface area (Å²) in [7, 11) is -6.10. The van der Waals surface area contributed by atoms with Crippen molar-refractivity contribution >= 4 is 45.2 Å². The Labute approximate surface area is 280 Å². The topological polar surface area (TPSA) is 126 Å². The number of ether oxygens (including phenoxy) is 6. The Bertz CT molecular complexity index is 984. The molecule has 0 aromatic heterocycles. The molecule has 0 amide bonds. The first-order valence-corrected chi connectivity index (χ1v) is 29.3. The van der Waals surface area contributed by atoms with Crippen LogP contribution in [0, 0.1) is 0 Å². The van der Waals surface area contributed by atoms with E-state index in [-0.39, 0.29) is 49.5 Å². The maximum atomic E-state index is 13.0. The van der Waals surface area contributed by atoms with E-state index in [9.17, 15) is 9.59 Å². The summed E-state index contributed by atoms with van der Waals surface area (Å²) < 4.78 is 61.0. The van der Waals surface area contributed by atoms with Crippen molar-refractivity contribution in [3.63, 3.8) is 0 Å². The third-order valence-electron chi connectivity index (χ3n) is 5.94. The van der Waals surface area contributed by atoms with E-state index in [1.807, 2.05) is 0 Å². The summed E-state index contributed by atoms with van der Waals surface area (Å²) in [5.41, 5.74) is 0. The highest BCUT2D eigenvalue weighted by Crippen LogP contribution is 2.25. The van der Waals surface area contributed by atoms with Crippen LogP contribution in [-0.4, -0.2) is 110 Å². The molecule has 0 N–H and O–H groups in total. The molecule has 268 valence electrons. The lowest BCUT2D eigenvalue weighted by Gasteiger charge is -2.37. The zero-order valence-corrected chi connectivity index (χ0v) is 35.0. The second-order valence-corrected chi connectivity index (χ2v) is 32.9. The smallest absolute Gasteiger partial charge is 0.376 e. The Morgan fingerprint density at radius 1 is 0.478 bits per heavy atom. The predicted molar refractivity (Wildman–Crippen MR) is 186 cm³/mol. The van der Waals surface area contributed by atoms with Crippen LogP contribution in [0.2, 0.25) is 78.6 Å². The summed E-state index contributed by atoms with van der Waals surface area (Å²) in [6, 6.07) is 0. The summed E-state index contributed by atoms with van der Waals surface area (Å²) in [6.45, 7) is 27.9. The summed E-state index contributed by atoms with van der Waals surface area (Å²) in [4.78, 5) is 25.9. The van der Waals surface area contributed by atoms with E-state index in [1.165, 1.54) is 14.2 Å². The summed E-state index contributed by atoms with van der Waals surface area (Å²) >= 11 is 0. The number of carbonyl (C=O) groups excluding carboxylic acids is 2. The molecule has 4 atom stereocenters. The first-order valence-electron chi connectivity index (χ1n) is 15.7. The number of hydrogen-bond donors (Lipinski definition) is 0. The van der Waals surface area contributed by atoms with Gasteiger partial charge in [0, 0.05) is 0 Å². The van der Waals surface area contributed by atoms with E-state index in [0.717, 1.165) is 0 Å². The van der Waals surface area contributed by atoms with Gasteiger partial charge in [-0.1, -0.05) is 0 Å². The Kier molecular flexibility index (Phi) is 16.2. The summed E-state index contributed by atoms with van der Waals surface area (Å²) in [5.74, 6) is -1.11. The zero-order chi connectivity index (χ0) is 35.7. The van der Waals surface area contributed by atoms with Crippen molar-refractivity contribution < 1.29 is 55.7 Å². The highest BCUT2D eigenvalue weighted by atomic mass is 28.4. The molecule has 1 rings (SSSR count). The van der Waals surface area contributed by atoms with Gasteiger partial charge in [-0.05, 0) is 92.4 Å². The van der Waals surface area contributed by atoms with Crippen LogP contribution < -0.4 is 0 Å². The average Bonchev–Trinajstić information content (AvgIpc) is 2.88. The van der Waals surface area contributed by atoms with Crippen molar-refractivity contribution in [1.29, 1.82) is 0 Å². The minimum atomic E-state index is -2.17. The molecule has 12 nitrogen and oxygen atoms in total. The van der Waals surface area contributed by atoms with Crippen molar-refractivity contribution in [2.24, 2.45) is 0 Å². The maximum absolute atomic E-state index is 13.0. The Hall–Kier alpha value is -1.67. The van der Waals surface area contributed by atoms with Crippen LogP contribution in [-0.2, 0) is 55.7 Å². The second kappa shape index (κ2) is 17.6. The van der Waals surface area contributed by atoms with Crippen LogP contribution in [0.4, 0.5) is 0 Å². The van der Waals surface area contributed by atoms with Gasteiger partial charge >= 0.3 is 11.9 Å². The van der Waals surface area contributed by atoms with Crippen LogP contribution in [0.25, 0.3) is 0 Å². The largest absolute Gasteiger partial charge is 0.491 e. The molecule has 2 unspecified atom stereocenters. The van der Waals surface area contributed by atoms with Gasteiger partial charge in [0.15, 0.2) is 33.3 Å². The molecule has 0 aromatic rings. The lowest BCUT2D eigenvalue weighted by atomic mass is 10.2. The minimum Gasteiger partial charge on any atom is -0.491 e. The van der Waals surface area contributed by atoms with Crippen LogP contribution in [0.5, 0.6) is 0 Å². The lowest BCUT2D eigenvalue weighted by molar-refractivity contribution is -0.142. The first-order chi connectivity index (χ1) is 20.9. The normalized spacial score (nSPS) is 26.6. The molecule has 46 heavy (non-hydrogen) atoms. The summed E-state index contributed by atoms with van der Waals surface area (Å²) in [5, 5.41) is 0. The van der Waals surface area contributed by atoms with E-state index in [2.05, 4.69) is 78.6 Å². The van der Waals surface area contributed by atoms with Gasteiger partial charge in [-0.3, -0.25) is 0 Å². The molecule has 0 bridgehead atoms. The van der Waals surface area contributed by atoms with Crippen molar-refractivity contribution in [2.45, 2.75) is 117 Å². The van der Waals surface area contributed by atoms with Gasteiger partial charge < -0.3 is 46.1 Å². The fourth-order valence-electron chi connectivity index (χ4n) is 4.36. The molecule has 1 aliphatic heterocycles. The Morgan fingerprint density at radius 3 is 0.891 bits per heavy atom. The van der Waals surface area contributed by atoms with Crippen molar-refractivity contribution in [3.8, 4) is 0 Å². The molecule has 0 saturated carbocycles. The van der Waals surface area contributed by atoms with Crippen molar-refractivity contribution in [2.75, 3.05) is 40.6 Å². The summed E-state index contributed by atoms with van der Waals surface area (Å²) in [6.07, 6.45) is -2.49. The minimum absolute atomic E-state index is 0.0153. The van der Waals surface area contributed by atoms with Gasteiger partial charge in [0.1, 0.15) is 62.4 Å². The molecular weight excluding hydrogens is 665 g/mol. The number of esters is 2. The highest BCUT2D eigenvalue weighted by molar-refractivity contribution is 6.71. The molecular formula is C30H60O12Si4. The Balaban J connectivity index is 3.86. The fourth-order valence-corrected chi connectivity index (χ4v) is 8.87. The molecule has 0 spiro atoms. The SMILES string of the molecule is COC(=O)/C1=C(\C)OC[C@@H](O[Si](C)(C)C)C(O[Si](C)(C)C)CO/C(C(=O)OC)=C(\C)OCC(O[Si](C)(C)C)[C@@H](O[Si](C)(C)C)CO1. The maximum Gasteiger partial charge on any atom is 0.376 e.